The van der Waals surface area contributed by atoms with E-state index in [1.165, 1.54) is 23.1 Å². The van der Waals surface area contributed by atoms with Crippen LogP contribution >= 0.6 is 23.1 Å². The average Bonchev–Trinajstić information content (AvgIpc) is 3.52. The number of nitrogens with zero attached hydrogens (tertiary/aromatic N) is 9. The lowest BCUT2D eigenvalue weighted by Gasteiger charge is -2.29. The van der Waals surface area contributed by atoms with Crippen LogP contribution in [0.25, 0.3) is 38.6 Å². The quantitative estimate of drug-likeness (QED) is 0.218. The number of ether oxygens (including phenoxy) is 1. The molecule has 252 valence electrons. The van der Waals surface area contributed by atoms with Crippen molar-refractivity contribution in [2.75, 3.05) is 44.3 Å². The molecule has 0 unspecified atom stereocenters. The molecule has 49 heavy (non-hydrogen) atoms. The lowest BCUT2D eigenvalue weighted by molar-refractivity contribution is -0.132. The Morgan fingerprint density at radius 3 is 2.76 bits per heavy atom. The number of aromatic nitrogens is 8. The van der Waals surface area contributed by atoms with Gasteiger partial charge in [0.1, 0.15) is 27.9 Å². The summed E-state index contributed by atoms with van der Waals surface area (Å²) >= 11 is 3.00. The SMILES string of the molecule is CS[C@@]1(C(=O)Nc2ccc3[nH]nc(-c4ccc(OC5CC5)nc4)c3c2)CCN(CC(=O)N2CC=C(c3nnc(-c4ncn(C)n4)s3)CC2)C1. The zero-order valence-corrected chi connectivity index (χ0v) is 28.8. The highest BCUT2D eigenvalue weighted by atomic mass is 32.2. The number of aryl methyl sites for hydroxylation is 1. The minimum Gasteiger partial charge on any atom is -0.474 e. The van der Waals surface area contributed by atoms with E-state index in [-0.39, 0.29) is 24.5 Å². The lowest BCUT2D eigenvalue weighted by Crippen LogP contribution is -2.45. The van der Waals surface area contributed by atoms with Crippen LogP contribution in [0.15, 0.2) is 48.9 Å². The molecular weight excluding hydrogens is 663 g/mol. The predicted molar refractivity (Wildman–Crippen MR) is 188 cm³/mol. The molecule has 8 rings (SSSR count). The molecule has 5 aromatic rings. The Labute approximate surface area is 290 Å². The lowest BCUT2D eigenvalue weighted by atomic mass is 10.1. The van der Waals surface area contributed by atoms with Crippen LogP contribution in [-0.2, 0) is 16.6 Å². The fourth-order valence-corrected chi connectivity index (χ4v) is 7.89. The molecule has 2 N–H and O–H groups in total. The standard InChI is InChI=1S/C33H35N11O3S2/c1-42-19-35-29(41-42)31-40-39-30(49-31)20-9-12-44(13-10-20)27(45)17-43-14-11-33(18-43,48-2)32(46)36-22-4-7-25-24(15-22)28(38-37-25)21-3-8-26(34-16-21)47-23-5-6-23/h3-4,7-9,15-16,19,23H,5-6,10-14,17-18H2,1-2H3,(H,36,46)(H,37,38)/t33-/m0/s1. The maximum absolute atomic E-state index is 13.8. The number of rotatable bonds is 10. The Kier molecular flexibility index (Phi) is 8.37. The molecule has 1 atom stereocenters. The molecule has 2 fully saturated rings. The number of aromatic amines is 1. The number of likely N-dealkylation sites (tertiary alicyclic amines) is 1. The van der Waals surface area contributed by atoms with Crippen LogP contribution in [0, 0.1) is 0 Å². The maximum Gasteiger partial charge on any atom is 0.241 e. The van der Waals surface area contributed by atoms with Gasteiger partial charge < -0.3 is 15.0 Å². The maximum atomic E-state index is 13.8. The Balaban J connectivity index is 0.881. The molecule has 6 heterocycles. The van der Waals surface area contributed by atoms with Crippen LogP contribution in [0.2, 0.25) is 0 Å². The highest BCUT2D eigenvalue weighted by Crippen LogP contribution is 2.36. The molecule has 0 spiro atoms. The summed E-state index contributed by atoms with van der Waals surface area (Å²) < 4.78 is 6.76. The van der Waals surface area contributed by atoms with E-state index in [1.54, 1.807) is 17.2 Å². The van der Waals surface area contributed by atoms with Crippen LogP contribution in [0.5, 0.6) is 5.88 Å². The van der Waals surface area contributed by atoms with Crippen molar-refractivity contribution in [3.8, 4) is 28.0 Å². The van der Waals surface area contributed by atoms with Crippen molar-refractivity contribution in [1.29, 1.82) is 0 Å². The van der Waals surface area contributed by atoms with Gasteiger partial charge in [-0.1, -0.05) is 17.4 Å². The van der Waals surface area contributed by atoms with Gasteiger partial charge in [-0.05, 0) is 61.8 Å². The number of fused-ring (bicyclic) bond motifs is 1. The number of hydrogen-bond acceptors (Lipinski definition) is 12. The van der Waals surface area contributed by atoms with E-state index in [0.29, 0.717) is 61.4 Å². The topological polar surface area (TPSA) is 160 Å². The molecule has 1 aliphatic carbocycles. The van der Waals surface area contributed by atoms with Gasteiger partial charge in [-0.3, -0.25) is 24.3 Å². The van der Waals surface area contributed by atoms with Gasteiger partial charge in [0.05, 0.1) is 12.1 Å². The van der Waals surface area contributed by atoms with Crippen molar-refractivity contribution < 1.29 is 14.3 Å². The summed E-state index contributed by atoms with van der Waals surface area (Å²) in [6.07, 6.45) is 11.2. The Morgan fingerprint density at radius 1 is 1.14 bits per heavy atom. The minimum atomic E-state index is -0.664. The minimum absolute atomic E-state index is 0.0582. The molecule has 3 aliphatic rings. The van der Waals surface area contributed by atoms with Crippen molar-refractivity contribution in [2.24, 2.45) is 7.05 Å². The summed E-state index contributed by atoms with van der Waals surface area (Å²) in [5.41, 5.74) is 4.26. The second-order valence-electron chi connectivity index (χ2n) is 12.6. The van der Waals surface area contributed by atoms with Crippen molar-refractivity contribution >= 4 is 57.1 Å². The van der Waals surface area contributed by atoms with E-state index in [9.17, 15) is 9.59 Å². The second kappa shape index (κ2) is 13.0. The third-order valence-corrected chi connectivity index (χ3v) is 11.5. The molecule has 0 radical (unpaired) electrons. The van der Waals surface area contributed by atoms with Gasteiger partial charge in [0.15, 0.2) is 5.01 Å². The fraction of sp³-hybridized carbons (Fsp3) is 0.394. The monoisotopic (exact) mass is 697 g/mol. The highest BCUT2D eigenvalue weighted by molar-refractivity contribution is 8.00. The second-order valence-corrected chi connectivity index (χ2v) is 14.8. The summed E-state index contributed by atoms with van der Waals surface area (Å²) in [6.45, 7) is 2.56. The first kappa shape index (κ1) is 31.6. The van der Waals surface area contributed by atoms with E-state index in [4.69, 9.17) is 4.74 Å². The fourth-order valence-electron chi connectivity index (χ4n) is 6.20. The number of hydrogen-bond donors (Lipinski definition) is 2. The molecule has 14 nitrogen and oxygen atoms in total. The summed E-state index contributed by atoms with van der Waals surface area (Å²) in [6, 6.07) is 9.58. The molecule has 1 aromatic carbocycles. The van der Waals surface area contributed by atoms with Gasteiger partial charge in [0, 0.05) is 62.1 Å². The third kappa shape index (κ3) is 6.55. The van der Waals surface area contributed by atoms with Crippen molar-refractivity contribution in [1.82, 2.24) is 49.9 Å². The number of carbonyl (C=O) groups excluding carboxylic acids is 2. The van der Waals surface area contributed by atoms with E-state index in [0.717, 1.165) is 45.6 Å². The van der Waals surface area contributed by atoms with Crippen LogP contribution < -0.4 is 10.1 Å². The first-order valence-electron chi connectivity index (χ1n) is 16.2. The molecule has 2 amide bonds. The zero-order chi connectivity index (χ0) is 33.5. The molecule has 2 aliphatic heterocycles. The summed E-state index contributed by atoms with van der Waals surface area (Å²) in [4.78, 5) is 39.8. The van der Waals surface area contributed by atoms with Gasteiger partial charge in [0.25, 0.3) is 0 Å². The molecule has 0 bridgehead atoms. The predicted octanol–water partition coefficient (Wildman–Crippen LogP) is 3.88. The van der Waals surface area contributed by atoms with Gasteiger partial charge >= 0.3 is 0 Å². The summed E-state index contributed by atoms with van der Waals surface area (Å²) in [5, 5.41) is 26.1. The van der Waals surface area contributed by atoms with Crippen LogP contribution in [0.4, 0.5) is 5.69 Å². The number of anilines is 1. The molecule has 1 saturated heterocycles. The van der Waals surface area contributed by atoms with Gasteiger partial charge in [-0.25, -0.2) is 9.97 Å². The largest absolute Gasteiger partial charge is 0.474 e. The smallest absolute Gasteiger partial charge is 0.241 e. The first-order chi connectivity index (χ1) is 23.9. The van der Waals surface area contributed by atoms with Crippen LogP contribution in [0.1, 0.15) is 30.7 Å². The van der Waals surface area contributed by atoms with Gasteiger partial charge in [0.2, 0.25) is 23.5 Å². The van der Waals surface area contributed by atoms with E-state index in [2.05, 4.69) is 51.8 Å². The van der Waals surface area contributed by atoms with Crippen molar-refractivity contribution in [2.45, 2.75) is 36.5 Å². The van der Waals surface area contributed by atoms with E-state index < -0.39 is 4.75 Å². The highest BCUT2D eigenvalue weighted by Gasteiger charge is 2.44. The number of benzene rings is 1. The number of H-pyrrole nitrogens is 1. The number of nitrogens with one attached hydrogen (secondary N) is 2. The molecular formula is C33H35N11O3S2. The number of pyridine rings is 1. The molecule has 16 heteroatoms. The Morgan fingerprint density at radius 2 is 2.02 bits per heavy atom. The van der Waals surface area contributed by atoms with Crippen LogP contribution in [-0.4, -0.2) is 112 Å². The number of amides is 2. The van der Waals surface area contributed by atoms with E-state index in [1.807, 2.05) is 48.5 Å². The van der Waals surface area contributed by atoms with Crippen LogP contribution in [0.3, 0.4) is 0 Å². The Bertz CT molecular complexity index is 2050. The summed E-state index contributed by atoms with van der Waals surface area (Å²) in [5.74, 6) is 1.17. The summed E-state index contributed by atoms with van der Waals surface area (Å²) in [7, 11) is 1.81. The first-order valence-corrected chi connectivity index (χ1v) is 18.3. The third-order valence-electron chi connectivity index (χ3n) is 9.17. The average molecular weight is 698 g/mol. The van der Waals surface area contributed by atoms with Crippen molar-refractivity contribution in [3.63, 3.8) is 0 Å². The normalized spacial score (nSPS) is 19.7. The van der Waals surface area contributed by atoms with E-state index >= 15 is 0 Å². The van der Waals surface area contributed by atoms with Crippen molar-refractivity contribution in [3.05, 3.63) is 53.9 Å². The Hall–Kier alpha value is -4.67. The van der Waals surface area contributed by atoms with Gasteiger partial charge in [-0.2, -0.15) is 5.10 Å². The molecule has 1 saturated carbocycles. The number of thioether (sulfide) groups is 1. The zero-order valence-electron chi connectivity index (χ0n) is 27.1. The molecule has 4 aromatic heterocycles. The van der Waals surface area contributed by atoms with Gasteiger partial charge in [-0.15, -0.1) is 27.1 Å². The number of carbonyl (C=O) groups is 2.